The molecule has 4 heteroatoms. The van der Waals surface area contributed by atoms with E-state index in [1.165, 1.54) is 0 Å². The number of carbonyl (C=O) groups excluding carboxylic acids is 1. The van der Waals surface area contributed by atoms with Gasteiger partial charge in [-0.25, -0.2) is 4.98 Å². The van der Waals surface area contributed by atoms with Gasteiger partial charge >= 0.3 is 0 Å². The van der Waals surface area contributed by atoms with Crippen LogP contribution in [-0.4, -0.2) is 17.4 Å². The van der Waals surface area contributed by atoms with E-state index in [2.05, 4.69) is 17.2 Å². The molecule has 0 radical (unpaired) electrons. The first-order valence-electron chi connectivity index (χ1n) is 7.00. The van der Waals surface area contributed by atoms with Gasteiger partial charge in [0.15, 0.2) is 0 Å². The number of amides is 1. The van der Waals surface area contributed by atoms with Crippen molar-refractivity contribution in [3.8, 4) is 0 Å². The molecule has 1 aliphatic rings. The number of nitrogens with two attached hydrogens (primary N) is 1. The van der Waals surface area contributed by atoms with Crippen LogP contribution in [0.5, 0.6) is 0 Å². The lowest BCUT2D eigenvalue weighted by Gasteiger charge is -2.36. The first-order chi connectivity index (χ1) is 9.05. The fourth-order valence-electron chi connectivity index (χ4n) is 2.63. The van der Waals surface area contributed by atoms with E-state index in [1.54, 1.807) is 6.20 Å². The first kappa shape index (κ1) is 14.0. The number of anilines is 1. The number of rotatable bonds is 3. The molecule has 4 nitrogen and oxygen atoms in total. The average molecular weight is 261 g/mol. The predicted molar refractivity (Wildman–Crippen MR) is 76.7 cm³/mol. The van der Waals surface area contributed by atoms with Crippen molar-refractivity contribution in [1.82, 2.24) is 4.98 Å². The van der Waals surface area contributed by atoms with Crippen molar-refractivity contribution in [2.45, 2.75) is 39.5 Å². The quantitative estimate of drug-likeness (QED) is 0.878. The SMILES string of the molecule is Cc1ccc(NC(=O)C2(CN)CCC(C)CC2)nc1. The summed E-state index contributed by atoms with van der Waals surface area (Å²) in [6.45, 7) is 4.62. The van der Waals surface area contributed by atoms with E-state index in [1.807, 2.05) is 19.1 Å². The summed E-state index contributed by atoms with van der Waals surface area (Å²) in [6, 6.07) is 3.78. The molecule has 1 aliphatic carbocycles. The van der Waals surface area contributed by atoms with Gasteiger partial charge in [-0.3, -0.25) is 4.79 Å². The number of carbonyl (C=O) groups is 1. The molecule has 1 saturated carbocycles. The molecule has 2 rings (SSSR count). The van der Waals surface area contributed by atoms with Crippen molar-refractivity contribution >= 4 is 11.7 Å². The van der Waals surface area contributed by atoms with Crippen LogP contribution in [0.15, 0.2) is 18.3 Å². The lowest BCUT2D eigenvalue weighted by Crippen LogP contribution is -2.44. The second kappa shape index (κ2) is 5.70. The molecule has 1 amide bonds. The van der Waals surface area contributed by atoms with Crippen LogP contribution in [0, 0.1) is 18.3 Å². The summed E-state index contributed by atoms with van der Waals surface area (Å²) in [6.07, 6.45) is 5.66. The molecule has 0 aromatic carbocycles. The Kier molecular flexibility index (Phi) is 4.20. The lowest BCUT2D eigenvalue weighted by molar-refractivity contribution is -0.127. The molecular formula is C15H23N3O. The van der Waals surface area contributed by atoms with Gasteiger partial charge in [0.05, 0.1) is 5.41 Å². The molecule has 0 unspecified atom stereocenters. The summed E-state index contributed by atoms with van der Waals surface area (Å²) in [5, 5.41) is 2.92. The number of hydrogen-bond donors (Lipinski definition) is 2. The predicted octanol–water partition coefficient (Wildman–Crippen LogP) is 2.48. The Morgan fingerprint density at radius 2 is 2.16 bits per heavy atom. The zero-order chi connectivity index (χ0) is 13.9. The van der Waals surface area contributed by atoms with E-state index < -0.39 is 5.41 Å². The Morgan fingerprint density at radius 1 is 1.47 bits per heavy atom. The van der Waals surface area contributed by atoms with Gasteiger partial charge in [0.2, 0.25) is 5.91 Å². The molecule has 104 valence electrons. The summed E-state index contributed by atoms with van der Waals surface area (Å²) in [7, 11) is 0. The van der Waals surface area contributed by atoms with E-state index in [0.717, 1.165) is 31.2 Å². The number of aryl methyl sites for hydroxylation is 1. The Balaban J connectivity index is 2.06. The largest absolute Gasteiger partial charge is 0.329 e. The summed E-state index contributed by atoms with van der Waals surface area (Å²) >= 11 is 0. The van der Waals surface area contributed by atoms with E-state index in [4.69, 9.17) is 5.73 Å². The van der Waals surface area contributed by atoms with Gasteiger partial charge in [0.25, 0.3) is 0 Å². The fraction of sp³-hybridized carbons (Fsp3) is 0.600. The van der Waals surface area contributed by atoms with Crippen LogP contribution >= 0.6 is 0 Å². The molecule has 0 bridgehead atoms. The van der Waals surface area contributed by atoms with Crippen molar-refractivity contribution in [3.63, 3.8) is 0 Å². The molecule has 0 saturated heterocycles. The molecule has 19 heavy (non-hydrogen) atoms. The minimum atomic E-state index is -0.404. The van der Waals surface area contributed by atoms with Crippen molar-refractivity contribution in [3.05, 3.63) is 23.9 Å². The highest BCUT2D eigenvalue weighted by molar-refractivity contribution is 5.94. The van der Waals surface area contributed by atoms with Gasteiger partial charge in [-0.15, -0.1) is 0 Å². The Bertz CT molecular complexity index is 433. The summed E-state index contributed by atoms with van der Waals surface area (Å²) in [5.74, 6) is 1.34. The van der Waals surface area contributed by atoms with Gasteiger partial charge < -0.3 is 11.1 Å². The Morgan fingerprint density at radius 3 is 2.68 bits per heavy atom. The van der Waals surface area contributed by atoms with E-state index >= 15 is 0 Å². The second-order valence-electron chi connectivity index (χ2n) is 5.84. The Labute approximate surface area is 114 Å². The summed E-state index contributed by atoms with van der Waals surface area (Å²) in [4.78, 5) is 16.7. The van der Waals surface area contributed by atoms with Crippen molar-refractivity contribution in [1.29, 1.82) is 0 Å². The number of nitrogens with one attached hydrogen (secondary N) is 1. The third-order valence-electron chi connectivity index (χ3n) is 4.26. The highest BCUT2D eigenvalue weighted by Crippen LogP contribution is 2.38. The van der Waals surface area contributed by atoms with Crippen LogP contribution in [0.4, 0.5) is 5.82 Å². The fourth-order valence-corrected chi connectivity index (χ4v) is 2.63. The maximum absolute atomic E-state index is 12.5. The number of aromatic nitrogens is 1. The molecule has 1 aromatic rings. The maximum Gasteiger partial charge on any atom is 0.233 e. The number of nitrogens with zero attached hydrogens (tertiary/aromatic N) is 1. The van der Waals surface area contributed by atoms with Crippen LogP contribution in [0.3, 0.4) is 0 Å². The van der Waals surface area contributed by atoms with E-state index in [0.29, 0.717) is 18.3 Å². The van der Waals surface area contributed by atoms with Crippen LogP contribution < -0.4 is 11.1 Å². The second-order valence-corrected chi connectivity index (χ2v) is 5.84. The zero-order valence-corrected chi connectivity index (χ0v) is 11.8. The van der Waals surface area contributed by atoms with E-state index in [9.17, 15) is 4.79 Å². The van der Waals surface area contributed by atoms with Crippen molar-refractivity contribution < 1.29 is 4.79 Å². The lowest BCUT2D eigenvalue weighted by atomic mass is 9.70. The standard InChI is InChI=1S/C15H23N3O/c1-11-5-7-15(10-16,8-6-11)14(19)18-13-4-3-12(2)9-17-13/h3-4,9,11H,5-8,10,16H2,1-2H3,(H,17,18,19). The average Bonchev–Trinajstić information content (AvgIpc) is 2.42. The number of hydrogen-bond acceptors (Lipinski definition) is 3. The highest BCUT2D eigenvalue weighted by Gasteiger charge is 2.39. The maximum atomic E-state index is 12.5. The molecular weight excluding hydrogens is 238 g/mol. The van der Waals surface area contributed by atoms with Gasteiger partial charge in [-0.05, 0) is 50.2 Å². The highest BCUT2D eigenvalue weighted by atomic mass is 16.2. The van der Waals surface area contributed by atoms with Gasteiger partial charge in [0, 0.05) is 12.7 Å². The van der Waals surface area contributed by atoms with Crippen molar-refractivity contribution in [2.75, 3.05) is 11.9 Å². The third-order valence-corrected chi connectivity index (χ3v) is 4.26. The molecule has 3 N–H and O–H groups in total. The van der Waals surface area contributed by atoms with Gasteiger partial charge in [-0.1, -0.05) is 13.0 Å². The Hall–Kier alpha value is -1.42. The molecule has 1 fully saturated rings. The third kappa shape index (κ3) is 3.13. The number of pyridine rings is 1. The molecule has 1 aromatic heterocycles. The normalized spacial score (nSPS) is 27.0. The van der Waals surface area contributed by atoms with Gasteiger partial charge in [-0.2, -0.15) is 0 Å². The van der Waals surface area contributed by atoms with E-state index in [-0.39, 0.29) is 5.91 Å². The van der Waals surface area contributed by atoms with Crippen LogP contribution in [0.25, 0.3) is 0 Å². The topological polar surface area (TPSA) is 68.0 Å². The molecule has 1 heterocycles. The monoisotopic (exact) mass is 261 g/mol. The molecule has 0 aliphatic heterocycles. The molecule has 0 spiro atoms. The van der Waals surface area contributed by atoms with Crippen LogP contribution in [-0.2, 0) is 4.79 Å². The van der Waals surface area contributed by atoms with Gasteiger partial charge in [0.1, 0.15) is 5.82 Å². The first-order valence-corrected chi connectivity index (χ1v) is 7.00. The zero-order valence-electron chi connectivity index (χ0n) is 11.8. The van der Waals surface area contributed by atoms with Crippen LogP contribution in [0.2, 0.25) is 0 Å². The minimum absolute atomic E-state index is 0.0262. The van der Waals surface area contributed by atoms with Crippen LogP contribution in [0.1, 0.15) is 38.2 Å². The minimum Gasteiger partial charge on any atom is -0.329 e. The molecule has 0 atom stereocenters. The van der Waals surface area contributed by atoms with Crippen molar-refractivity contribution in [2.24, 2.45) is 17.1 Å². The summed E-state index contributed by atoms with van der Waals surface area (Å²) < 4.78 is 0. The smallest absolute Gasteiger partial charge is 0.233 e. The summed E-state index contributed by atoms with van der Waals surface area (Å²) in [5.41, 5.74) is 6.56.